The van der Waals surface area contributed by atoms with Crippen LogP contribution < -0.4 is 5.73 Å². The summed E-state index contributed by atoms with van der Waals surface area (Å²) >= 11 is 0. The molecule has 0 bridgehead atoms. The maximum absolute atomic E-state index is 13.1. The Morgan fingerprint density at radius 2 is 1.75 bits per heavy atom. The number of nitrogens with two attached hydrogens (primary N) is 1. The van der Waals surface area contributed by atoms with E-state index < -0.39 is 5.97 Å². The Labute approximate surface area is 188 Å². The number of fused-ring (bicyclic) bond motifs is 2. The van der Waals surface area contributed by atoms with E-state index in [0.717, 1.165) is 36.9 Å². The van der Waals surface area contributed by atoms with Gasteiger partial charge in [0.2, 0.25) is 0 Å². The third kappa shape index (κ3) is 4.17. The molecule has 2 aromatic heterocycles. The lowest BCUT2D eigenvalue weighted by Gasteiger charge is -2.10. The van der Waals surface area contributed by atoms with Gasteiger partial charge >= 0.3 is 5.97 Å². The Bertz CT molecular complexity index is 1240. The summed E-state index contributed by atoms with van der Waals surface area (Å²) < 4.78 is 7.40. The van der Waals surface area contributed by atoms with E-state index in [-0.39, 0.29) is 11.5 Å². The van der Waals surface area contributed by atoms with Crippen LogP contribution in [0.25, 0.3) is 27.9 Å². The Morgan fingerprint density at radius 3 is 2.41 bits per heavy atom. The molecule has 32 heavy (non-hydrogen) atoms. The molecule has 2 aromatic carbocycles. The summed E-state index contributed by atoms with van der Waals surface area (Å²) in [6, 6.07) is 15.9. The van der Waals surface area contributed by atoms with E-state index in [1.165, 1.54) is 5.56 Å². The number of nitrogen functional groups attached to an aromatic ring is 1. The van der Waals surface area contributed by atoms with Crippen LogP contribution in [-0.2, 0) is 11.2 Å². The average Bonchev–Trinajstić information content (AvgIpc) is 3.10. The van der Waals surface area contributed by atoms with Gasteiger partial charge in [0.05, 0.1) is 17.6 Å². The summed E-state index contributed by atoms with van der Waals surface area (Å²) in [7, 11) is 0. The van der Waals surface area contributed by atoms with E-state index in [1.54, 1.807) is 4.57 Å². The number of carbonyl (C=O) groups excluding carboxylic acids is 1. The average molecular weight is 431 g/mol. The number of hydrogen-bond acceptors (Lipinski definition) is 5. The number of nitrogens with zero attached hydrogens (tertiary/aromatic N) is 3. The van der Waals surface area contributed by atoms with Crippen LogP contribution in [0.1, 0.15) is 56.0 Å². The molecule has 166 valence electrons. The molecule has 6 heteroatoms. The highest BCUT2D eigenvalue weighted by Gasteiger charge is 2.26. The number of carbonyl (C=O) groups is 1. The molecule has 0 amide bonds. The van der Waals surface area contributed by atoms with E-state index >= 15 is 0 Å². The van der Waals surface area contributed by atoms with Crippen LogP contribution in [0, 0.1) is 5.92 Å². The van der Waals surface area contributed by atoms with E-state index in [1.807, 2.05) is 43.3 Å². The largest absolute Gasteiger partial charge is 0.462 e. The number of benzene rings is 2. The highest BCUT2D eigenvalue weighted by Crippen LogP contribution is 2.31. The van der Waals surface area contributed by atoms with Gasteiger partial charge in [-0.2, -0.15) is 0 Å². The van der Waals surface area contributed by atoms with Gasteiger partial charge in [0.1, 0.15) is 16.9 Å². The molecule has 1 unspecified atom stereocenters. The third-order valence-corrected chi connectivity index (χ3v) is 5.91. The second kappa shape index (κ2) is 9.39. The number of esters is 1. The van der Waals surface area contributed by atoms with Crippen LogP contribution in [-0.4, -0.2) is 27.1 Å². The highest BCUT2D eigenvalue weighted by molar-refractivity contribution is 6.09. The predicted molar refractivity (Wildman–Crippen MR) is 129 cm³/mol. The van der Waals surface area contributed by atoms with E-state index in [9.17, 15) is 4.79 Å². The van der Waals surface area contributed by atoms with Crippen molar-refractivity contribution in [2.75, 3.05) is 12.3 Å². The van der Waals surface area contributed by atoms with Crippen molar-refractivity contribution in [1.82, 2.24) is 14.5 Å². The number of para-hydroxylation sites is 2. The molecule has 2 N–H and O–H groups in total. The van der Waals surface area contributed by atoms with Crippen molar-refractivity contribution in [1.29, 1.82) is 0 Å². The number of hydrogen-bond donors (Lipinski definition) is 1. The van der Waals surface area contributed by atoms with E-state index in [2.05, 4.69) is 26.0 Å². The molecule has 4 rings (SSSR count). The van der Waals surface area contributed by atoms with Gasteiger partial charge in [-0.05, 0) is 48.6 Å². The minimum absolute atomic E-state index is 0.274. The van der Waals surface area contributed by atoms with Crippen LogP contribution >= 0.6 is 0 Å². The molecule has 0 aliphatic heterocycles. The molecule has 2 heterocycles. The van der Waals surface area contributed by atoms with Crippen LogP contribution in [0.15, 0.2) is 48.5 Å². The van der Waals surface area contributed by atoms with Crippen molar-refractivity contribution in [2.45, 2.75) is 46.5 Å². The van der Waals surface area contributed by atoms with Gasteiger partial charge in [0.15, 0.2) is 5.65 Å². The second-order valence-corrected chi connectivity index (χ2v) is 8.36. The lowest BCUT2D eigenvalue weighted by Crippen LogP contribution is -2.13. The van der Waals surface area contributed by atoms with Gasteiger partial charge in [0, 0.05) is 5.69 Å². The Kier molecular flexibility index (Phi) is 6.40. The highest BCUT2D eigenvalue weighted by atomic mass is 16.5. The molecule has 0 spiro atoms. The predicted octanol–water partition coefficient (Wildman–Crippen LogP) is 5.70. The first kappa shape index (κ1) is 21.8. The van der Waals surface area contributed by atoms with Gasteiger partial charge in [-0.15, -0.1) is 0 Å². The first-order valence-electron chi connectivity index (χ1n) is 11.4. The third-order valence-electron chi connectivity index (χ3n) is 5.91. The number of unbranched alkanes of at least 4 members (excludes halogenated alkanes) is 1. The first-order chi connectivity index (χ1) is 15.5. The lowest BCUT2D eigenvalue weighted by molar-refractivity contribution is 0.0450. The molecule has 1 atom stereocenters. The van der Waals surface area contributed by atoms with Gasteiger partial charge in [-0.3, -0.25) is 4.57 Å². The minimum Gasteiger partial charge on any atom is -0.462 e. The Hall–Kier alpha value is -3.41. The smallest absolute Gasteiger partial charge is 0.344 e. The molecule has 0 radical (unpaired) electrons. The molecule has 4 aromatic rings. The van der Waals surface area contributed by atoms with Crippen LogP contribution in [0.5, 0.6) is 0 Å². The van der Waals surface area contributed by atoms with Crippen molar-refractivity contribution < 1.29 is 9.53 Å². The number of aromatic nitrogens is 3. The normalized spacial score (nSPS) is 12.3. The summed E-state index contributed by atoms with van der Waals surface area (Å²) in [6.45, 7) is 6.65. The topological polar surface area (TPSA) is 83.0 Å². The van der Waals surface area contributed by atoms with Crippen molar-refractivity contribution >= 4 is 34.0 Å². The van der Waals surface area contributed by atoms with Gasteiger partial charge < -0.3 is 10.5 Å². The zero-order valence-corrected chi connectivity index (χ0v) is 19.0. The van der Waals surface area contributed by atoms with Crippen molar-refractivity contribution in [3.63, 3.8) is 0 Å². The summed E-state index contributed by atoms with van der Waals surface area (Å²) in [6.07, 6.45) is 4.27. The number of aryl methyl sites for hydroxylation is 1. The monoisotopic (exact) mass is 430 g/mol. The maximum atomic E-state index is 13.1. The Morgan fingerprint density at radius 1 is 1.06 bits per heavy atom. The van der Waals surface area contributed by atoms with Crippen LogP contribution in [0.2, 0.25) is 0 Å². The molecular weight excluding hydrogens is 400 g/mol. The van der Waals surface area contributed by atoms with Crippen molar-refractivity contribution in [3.8, 4) is 5.69 Å². The molecule has 0 saturated heterocycles. The van der Waals surface area contributed by atoms with Crippen molar-refractivity contribution in [3.05, 3.63) is 59.7 Å². The van der Waals surface area contributed by atoms with Crippen LogP contribution in [0.3, 0.4) is 0 Å². The quantitative estimate of drug-likeness (QED) is 0.363. The maximum Gasteiger partial charge on any atom is 0.344 e. The second-order valence-electron chi connectivity index (χ2n) is 8.36. The Balaban J connectivity index is 1.85. The lowest BCUT2D eigenvalue weighted by atomic mass is 10.1. The van der Waals surface area contributed by atoms with Gasteiger partial charge in [-0.25, -0.2) is 14.8 Å². The zero-order chi connectivity index (χ0) is 22.7. The summed E-state index contributed by atoms with van der Waals surface area (Å²) in [4.78, 5) is 22.6. The number of anilines is 1. The SMILES string of the molecule is CCCCc1ccc(-n2c(N)c(C(=O)OCC(C)CC)c3nc4ccccc4nc32)cc1. The van der Waals surface area contributed by atoms with Crippen molar-refractivity contribution in [2.24, 2.45) is 5.92 Å². The fraction of sp³-hybridized carbons (Fsp3) is 0.346. The number of ether oxygens (including phenoxy) is 1. The molecular formula is C26H30N4O2. The fourth-order valence-electron chi connectivity index (χ4n) is 3.72. The summed E-state index contributed by atoms with van der Waals surface area (Å²) in [5.41, 5.74) is 11.4. The molecule has 6 nitrogen and oxygen atoms in total. The van der Waals surface area contributed by atoms with Gasteiger partial charge in [0.25, 0.3) is 0 Å². The standard InChI is InChI=1S/C26H30N4O2/c1-4-6-9-18-12-14-19(15-13-18)30-24(27)22(26(31)32-16-17(3)5-2)23-25(30)29-21-11-8-7-10-20(21)28-23/h7-8,10-15,17H,4-6,9,16,27H2,1-3H3. The summed E-state index contributed by atoms with van der Waals surface area (Å²) in [5, 5.41) is 0. The van der Waals surface area contributed by atoms with E-state index in [4.69, 9.17) is 20.4 Å². The minimum atomic E-state index is -0.462. The fourth-order valence-corrected chi connectivity index (χ4v) is 3.72. The molecule has 0 aliphatic carbocycles. The first-order valence-corrected chi connectivity index (χ1v) is 11.4. The van der Waals surface area contributed by atoms with Crippen LogP contribution in [0.4, 0.5) is 5.82 Å². The molecule has 0 fully saturated rings. The van der Waals surface area contributed by atoms with E-state index in [0.29, 0.717) is 29.1 Å². The zero-order valence-electron chi connectivity index (χ0n) is 19.0. The summed E-state index contributed by atoms with van der Waals surface area (Å²) in [5.74, 6) is 0.109. The number of rotatable bonds is 8. The molecule has 0 saturated carbocycles. The molecule has 0 aliphatic rings. The van der Waals surface area contributed by atoms with Gasteiger partial charge in [-0.1, -0.05) is 57.9 Å².